The van der Waals surface area contributed by atoms with Gasteiger partial charge in [-0.15, -0.1) is 0 Å². The molecule has 0 aliphatic carbocycles. The summed E-state index contributed by atoms with van der Waals surface area (Å²) in [7, 11) is 0. The topological polar surface area (TPSA) is 71.1 Å². The van der Waals surface area contributed by atoms with E-state index in [2.05, 4.69) is 37.3 Å². The molecule has 0 spiro atoms. The number of thiocarbonyl (C=S) groups is 1. The fourth-order valence-electron chi connectivity index (χ4n) is 2.56. The van der Waals surface area contributed by atoms with Gasteiger partial charge in [0, 0.05) is 16.2 Å². The quantitative estimate of drug-likeness (QED) is 0.0901. The Bertz CT molecular complexity index is 1000. The van der Waals surface area contributed by atoms with Crippen molar-refractivity contribution in [3.63, 3.8) is 0 Å². The summed E-state index contributed by atoms with van der Waals surface area (Å²) in [6.07, 6.45) is 5.19. The van der Waals surface area contributed by atoms with Crippen molar-refractivity contribution in [3.8, 4) is 17.4 Å². The van der Waals surface area contributed by atoms with Crippen molar-refractivity contribution in [3.05, 3.63) is 52.1 Å². The number of hydrogen-bond acceptors (Lipinski definition) is 6. The van der Waals surface area contributed by atoms with E-state index in [-0.39, 0.29) is 11.6 Å². The van der Waals surface area contributed by atoms with Gasteiger partial charge in [0.25, 0.3) is 0 Å². The van der Waals surface area contributed by atoms with Crippen molar-refractivity contribution in [2.45, 2.75) is 78.6 Å². The first kappa shape index (κ1) is 35.6. The number of allylic oxidation sites excluding steroid dienone is 1. The van der Waals surface area contributed by atoms with Gasteiger partial charge in [-0.1, -0.05) is 69.7 Å². The van der Waals surface area contributed by atoms with Crippen LogP contribution in [0.5, 0.6) is 0 Å². The Labute approximate surface area is 237 Å². The van der Waals surface area contributed by atoms with Crippen LogP contribution in [0.4, 0.5) is 0 Å². The Morgan fingerprint density at radius 1 is 1.09 bits per heavy atom. The number of unbranched alkanes of at least 4 members (excludes halogenated alkanes) is 2. The fraction of sp³-hybridized carbons (Fsp3) is 0.429. The molecule has 35 heavy (non-hydrogen) atoms. The Kier molecular flexibility index (Phi) is 22.1. The molecule has 0 N–H and O–H groups in total. The standard InChI is InChI=1S/C18H18O2S2.C7H11NO.C2H6.CH3.Hg/c1-11-5-6-15(9-12(11)2)17-8-7-16(20-17)10-18(13(3)19)22-14(4)21;1-2-3-4-5-7(9)6-8;1-2;;/h5-10H,1-4H3;2-5H2,1H3;1-2H3;1H3;/b18-10+;;;;. The van der Waals surface area contributed by atoms with Crippen LogP contribution in [0, 0.1) is 25.2 Å². The molecule has 0 aliphatic rings. The van der Waals surface area contributed by atoms with Crippen LogP contribution in [0.15, 0.2) is 39.7 Å². The van der Waals surface area contributed by atoms with Crippen molar-refractivity contribution in [2.75, 3.05) is 0 Å². The number of hydrogen-bond donors (Lipinski definition) is 0. The predicted octanol–water partition coefficient (Wildman–Crippen LogP) is 8.84. The molecule has 7 heteroatoms. The summed E-state index contributed by atoms with van der Waals surface area (Å²) in [5.74, 6) is 1.14. The van der Waals surface area contributed by atoms with E-state index in [1.165, 1.54) is 29.8 Å². The van der Waals surface area contributed by atoms with E-state index in [1.807, 2.05) is 32.0 Å². The molecule has 0 bridgehead atoms. The van der Waals surface area contributed by atoms with Crippen molar-refractivity contribution in [1.29, 1.82) is 5.26 Å². The zero-order chi connectivity index (χ0) is 27.4. The number of benzene rings is 1. The van der Waals surface area contributed by atoms with E-state index >= 15 is 0 Å². The molecule has 0 atom stereocenters. The van der Waals surface area contributed by atoms with Crippen LogP contribution < -0.4 is 0 Å². The van der Waals surface area contributed by atoms with Gasteiger partial charge >= 0.3 is 30.6 Å². The van der Waals surface area contributed by atoms with Gasteiger partial charge in [-0.25, -0.2) is 0 Å². The van der Waals surface area contributed by atoms with Gasteiger partial charge in [0.05, 0.1) is 4.91 Å². The number of carbonyl (C=O) groups excluding carboxylic acids is 2. The molecule has 0 saturated heterocycles. The van der Waals surface area contributed by atoms with Gasteiger partial charge in [0.1, 0.15) is 17.6 Å². The first-order valence-electron chi connectivity index (χ1n) is 11.9. The molecule has 1 aromatic heterocycles. The van der Waals surface area contributed by atoms with E-state index < -0.39 is 0 Å². The number of rotatable bonds is 8. The van der Waals surface area contributed by atoms with Crippen molar-refractivity contribution in [2.24, 2.45) is 0 Å². The molecule has 187 valence electrons. The number of carbonyl (C=O) groups is 2. The Morgan fingerprint density at radius 3 is 2.20 bits per heavy atom. The number of ketones is 2. The van der Waals surface area contributed by atoms with Crippen LogP contribution in [0.1, 0.15) is 77.2 Å². The summed E-state index contributed by atoms with van der Waals surface area (Å²) >= 11 is 7.38. The third-order valence-electron chi connectivity index (χ3n) is 4.42. The summed E-state index contributed by atoms with van der Waals surface area (Å²) in [6.45, 7) is 13.6. The van der Waals surface area contributed by atoms with Crippen LogP contribution in [-0.2, 0) is 35.7 Å². The Morgan fingerprint density at radius 2 is 1.71 bits per heavy atom. The van der Waals surface area contributed by atoms with Crippen LogP contribution in [-0.4, -0.2) is 15.8 Å². The summed E-state index contributed by atoms with van der Waals surface area (Å²) < 4.78 is 8.75. The van der Waals surface area contributed by atoms with E-state index in [9.17, 15) is 9.59 Å². The van der Waals surface area contributed by atoms with Gasteiger partial charge in [0.2, 0.25) is 5.78 Å². The second-order valence-electron chi connectivity index (χ2n) is 7.15. The molecular weight excluding hydrogens is 663 g/mol. The zero-order valence-corrected chi connectivity index (χ0v) is 29.6. The van der Waals surface area contributed by atoms with E-state index in [0.29, 0.717) is 21.3 Å². The third kappa shape index (κ3) is 15.9. The number of thioether (sulfide) groups is 1. The van der Waals surface area contributed by atoms with Crippen LogP contribution in [0.3, 0.4) is 0 Å². The molecular formula is C28H38HgNO3S2. The molecule has 0 saturated carbocycles. The van der Waals surface area contributed by atoms with Crippen LogP contribution in [0.25, 0.3) is 17.4 Å². The molecule has 4 nitrogen and oxygen atoms in total. The van der Waals surface area contributed by atoms with Crippen molar-refractivity contribution < 1.29 is 40.1 Å². The number of nitrogens with zero attached hydrogens (tertiary/aromatic N) is 1. The summed E-state index contributed by atoms with van der Waals surface area (Å²) in [6, 6.07) is 11.6. The molecule has 0 radical (unpaired) electrons. The average molecular weight is 701 g/mol. The second-order valence-corrected chi connectivity index (χ2v) is 9.28. The summed E-state index contributed by atoms with van der Waals surface area (Å²) in [4.78, 5) is 22.6. The number of Topliss-reactive ketones (excluding diaryl/α,β-unsaturated/α-hetero) is 2. The minimum atomic E-state index is -0.288. The normalized spacial score (nSPS) is 9.80. The monoisotopic (exact) mass is 702 g/mol. The van der Waals surface area contributed by atoms with Gasteiger partial charge in [-0.2, -0.15) is 5.26 Å². The van der Waals surface area contributed by atoms with Gasteiger partial charge < -0.3 is 4.42 Å². The molecule has 0 amide bonds. The Balaban J connectivity index is 0. The van der Waals surface area contributed by atoms with Gasteiger partial charge in [-0.05, 0) is 69.5 Å². The van der Waals surface area contributed by atoms with Crippen molar-refractivity contribution >= 4 is 45.8 Å². The first-order valence-corrected chi connectivity index (χ1v) is 18.6. The summed E-state index contributed by atoms with van der Waals surface area (Å²) in [5.41, 5.74) is 3.51. The third-order valence-corrected chi connectivity index (χ3v) is 5.59. The predicted molar refractivity (Wildman–Crippen MR) is 150 cm³/mol. The van der Waals surface area contributed by atoms with Crippen LogP contribution >= 0.6 is 24.0 Å². The molecule has 2 rings (SSSR count). The molecule has 0 unspecified atom stereocenters. The number of aryl methyl sites for hydroxylation is 2. The number of furan rings is 1. The molecule has 1 heterocycles. The number of nitriles is 1. The van der Waals surface area contributed by atoms with Crippen molar-refractivity contribution in [1.82, 2.24) is 0 Å². The van der Waals surface area contributed by atoms with E-state index in [4.69, 9.17) is 21.9 Å². The molecule has 0 fully saturated rings. The molecule has 0 aliphatic heterocycles. The maximum atomic E-state index is 11.7. The summed E-state index contributed by atoms with van der Waals surface area (Å²) in [5, 5.41) is 8.03. The second kappa shape index (κ2) is 21.7. The first-order chi connectivity index (χ1) is 16.7. The maximum absolute atomic E-state index is 11.7. The SMILES string of the molecule is CC.CC(=O)/C(=C\c1ccc(-c2ccc(C)c(C)c2)o1)SC(C)=S.CCCCCC(=O)C#N.[CH3][Hg]. The van der Waals surface area contributed by atoms with Gasteiger partial charge in [0.15, 0.2) is 5.78 Å². The van der Waals surface area contributed by atoms with Gasteiger partial charge in [-0.3, -0.25) is 9.59 Å². The fourth-order valence-corrected chi connectivity index (χ4v) is 3.46. The average Bonchev–Trinajstić information content (AvgIpc) is 3.31. The van der Waals surface area contributed by atoms with Crippen LogP contribution in [0.2, 0.25) is 4.43 Å². The van der Waals surface area contributed by atoms with E-state index in [0.717, 1.165) is 56.7 Å². The van der Waals surface area contributed by atoms with E-state index in [1.54, 1.807) is 19.1 Å². The minimum absolute atomic E-state index is 0.0154. The Hall–Kier alpha value is -1.55. The molecule has 2 aromatic rings. The zero-order valence-electron chi connectivity index (χ0n) is 22.5. The molecule has 1 aromatic carbocycles.